The monoisotopic (exact) mass is 278 g/mol. The summed E-state index contributed by atoms with van der Waals surface area (Å²) in [6.07, 6.45) is 0. The Labute approximate surface area is 110 Å². The zero-order valence-electron chi connectivity index (χ0n) is 9.31. The van der Waals surface area contributed by atoms with Gasteiger partial charge in [0.2, 0.25) is 0 Å². The molecule has 0 spiro atoms. The maximum absolute atomic E-state index is 11.8. The molecule has 0 aliphatic carbocycles. The number of aromatic nitrogens is 1. The van der Waals surface area contributed by atoms with Crippen LogP contribution in [0.2, 0.25) is 0 Å². The van der Waals surface area contributed by atoms with Crippen molar-refractivity contribution in [3.8, 4) is 5.69 Å². The van der Waals surface area contributed by atoms with E-state index in [0.717, 1.165) is 16.7 Å². The minimum absolute atomic E-state index is 0.121. The van der Waals surface area contributed by atoms with Gasteiger partial charge in [-0.1, -0.05) is 0 Å². The van der Waals surface area contributed by atoms with Gasteiger partial charge in [0.25, 0.3) is 16.1 Å². The van der Waals surface area contributed by atoms with Gasteiger partial charge < -0.3 is 4.42 Å². The molecule has 0 fully saturated rings. The highest BCUT2D eigenvalue weighted by Crippen LogP contribution is 2.13. The molecule has 19 heavy (non-hydrogen) atoms. The van der Waals surface area contributed by atoms with E-state index in [-0.39, 0.29) is 16.2 Å². The molecule has 2 rings (SSSR count). The van der Waals surface area contributed by atoms with Crippen molar-refractivity contribution >= 4 is 17.9 Å². The average Bonchev–Trinajstić information content (AvgIpc) is 2.48. The number of hydrogen-bond acceptors (Lipinski definition) is 6. The van der Waals surface area contributed by atoms with Crippen LogP contribution >= 0.6 is 12.2 Å². The summed E-state index contributed by atoms with van der Waals surface area (Å²) < 4.78 is 5.68. The Balaban J connectivity index is 2.70. The zero-order chi connectivity index (χ0) is 14.0. The van der Waals surface area contributed by atoms with Gasteiger partial charge in [0.1, 0.15) is 0 Å². The zero-order valence-corrected chi connectivity index (χ0v) is 10.1. The van der Waals surface area contributed by atoms with Crippen LogP contribution in [0.25, 0.3) is 5.69 Å². The lowest BCUT2D eigenvalue weighted by Crippen LogP contribution is -2.14. The standard InChI is InChI=1S/C11H6N2O5S/c14-9-5-6-10(15)18-11(19)12(9)7-1-3-8(4-2-7)13(16)17/h1-6H. The number of nitro benzene ring substituents is 1. The molecule has 0 unspecified atom stereocenters. The first-order valence-electron chi connectivity index (χ1n) is 5.01. The molecule has 0 saturated carbocycles. The van der Waals surface area contributed by atoms with Gasteiger partial charge >= 0.3 is 5.63 Å². The van der Waals surface area contributed by atoms with Crippen LogP contribution in [0, 0.1) is 15.0 Å². The Morgan fingerprint density at radius 2 is 1.74 bits per heavy atom. The van der Waals surface area contributed by atoms with E-state index in [1.807, 2.05) is 0 Å². The Hall–Kier alpha value is -2.61. The molecular formula is C11H6N2O5S. The van der Waals surface area contributed by atoms with Crippen molar-refractivity contribution < 1.29 is 9.34 Å². The van der Waals surface area contributed by atoms with Crippen molar-refractivity contribution in [1.82, 2.24) is 4.57 Å². The minimum atomic E-state index is -0.747. The number of rotatable bonds is 2. The molecule has 1 aromatic carbocycles. The van der Waals surface area contributed by atoms with Gasteiger partial charge in [0.15, 0.2) is 0 Å². The molecule has 0 aliphatic heterocycles. The SMILES string of the molecule is O=c1ccc(=O)n(-c2ccc([N+](=O)[O-])cc2)c(=S)o1. The number of nitrogens with zero attached hydrogens (tertiary/aromatic N) is 2. The largest absolute Gasteiger partial charge is 0.395 e. The summed E-state index contributed by atoms with van der Waals surface area (Å²) in [5.74, 6) is 0. The summed E-state index contributed by atoms with van der Waals surface area (Å²) in [7, 11) is 0. The van der Waals surface area contributed by atoms with Crippen LogP contribution in [0.3, 0.4) is 0 Å². The van der Waals surface area contributed by atoms with E-state index >= 15 is 0 Å². The van der Waals surface area contributed by atoms with Crippen LogP contribution in [0.5, 0.6) is 0 Å². The maximum atomic E-state index is 11.8. The third kappa shape index (κ3) is 2.63. The first kappa shape index (κ1) is 12.8. The fraction of sp³-hybridized carbons (Fsp3) is 0. The second-order valence-electron chi connectivity index (χ2n) is 3.47. The van der Waals surface area contributed by atoms with E-state index in [1.165, 1.54) is 24.3 Å². The van der Waals surface area contributed by atoms with Crippen LogP contribution in [-0.4, -0.2) is 9.49 Å². The number of non-ortho nitro benzene ring substituents is 1. The lowest BCUT2D eigenvalue weighted by Gasteiger charge is -2.00. The van der Waals surface area contributed by atoms with Crippen LogP contribution in [-0.2, 0) is 0 Å². The van der Waals surface area contributed by atoms with Gasteiger partial charge in [-0.3, -0.25) is 14.9 Å². The molecule has 7 nitrogen and oxygen atoms in total. The summed E-state index contributed by atoms with van der Waals surface area (Å²) in [6.45, 7) is 0. The summed E-state index contributed by atoms with van der Waals surface area (Å²) in [4.78, 5) is 32.5. The fourth-order valence-electron chi connectivity index (χ4n) is 1.43. The average molecular weight is 278 g/mol. The van der Waals surface area contributed by atoms with E-state index in [1.54, 1.807) is 0 Å². The van der Waals surface area contributed by atoms with E-state index in [0.29, 0.717) is 0 Å². The second-order valence-corrected chi connectivity index (χ2v) is 3.82. The van der Waals surface area contributed by atoms with E-state index in [9.17, 15) is 19.7 Å². The highest BCUT2D eigenvalue weighted by atomic mass is 32.1. The van der Waals surface area contributed by atoms with Gasteiger partial charge in [-0.15, -0.1) is 0 Å². The number of benzene rings is 1. The Morgan fingerprint density at radius 1 is 1.11 bits per heavy atom. The summed E-state index contributed by atoms with van der Waals surface area (Å²) in [5, 5.41) is 10.5. The predicted molar refractivity (Wildman–Crippen MR) is 68.1 cm³/mol. The van der Waals surface area contributed by atoms with Crippen molar-refractivity contribution in [2.24, 2.45) is 0 Å². The Bertz CT molecular complexity index is 807. The quantitative estimate of drug-likeness (QED) is 0.468. The molecule has 0 aliphatic rings. The van der Waals surface area contributed by atoms with Crippen LogP contribution in [0.1, 0.15) is 0 Å². The smallest absolute Gasteiger partial charge is 0.338 e. The lowest BCUT2D eigenvalue weighted by atomic mass is 10.3. The van der Waals surface area contributed by atoms with Gasteiger partial charge in [0.05, 0.1) is 10.6 Å². The van der Waals surface area contributed by atoms with Crippen LogP contribution in [0.15, 0.2) is 50.4 Å². The Morgan fingerprint density at radius 3 is 2.32 bits per heavy atom. The number of hydrogen-bond donors (Lipinski definition) is 0. The molecule has 0 saturated heterocycles. The van der Waals surface area contributed by atoms with E-state index in [4.69, 9.17) is 16.6 Å². The molecule has 0 atom stereocenters. The molecule has 0 bridgehead atoms. The predicted octanol–water partition coefficient (Wildman–Crippen LogP) is 1.43. The second kappa shape index (κ2) is 4.94. The molecule has 8 heteroatoms. The van der Waals surface area contributed by atoms with Crippen molar-refractivity contribution in [2.45, 2.75) is 0 Å². The molecule has 0 amide bonds. The molecular weight excluding hydrogens is 272 g/mol. The third-order valence-electron chi connectivity index (χ3n) is 2.27. The Kier molecular flexibility index (Phi) is 3.34. The topological polar surface area (TPSA) is 95.3 Å². The lowest BCUT2D eigenvalue weighted by molar-refractivity contribution is -0.384. The van der Waals surface area contributed by atoms with E-state index < -0.39 is 16.1 Å². The third-order valence-corrected chi connectivity index (χ3v) is 2.54. The minimum Gasteiger partial charge on any atom is -0.395 e. The molecule has 1 heterocycles. The highest BCUT2D eigenvalue weighted by molar-refractivity contribution is 7.71. The maximum Gasteiger partial charge on any atom is 0.338 e. The first-order chi connectivity index (χ1) is 8.99. The fourth-order valence-corrected chi connectivity index (χ4v) is 1.70. The van der Waals surface area contributed by atoms with Gasteiger partial charge in [-0.05, 0) is 24.4 Å². The van der Waals surface area contributed by atoms with Crippen LogP contribution < -0.4 is 11.2 Å². The normalized spacial score (nSPS) is 10.1. The molecule has 96 valence electrons. The first-order valence-corrected chi connectivity index (χ1v) is 5.42. The summed E-state index contributed by atoms with van der Waals surface area (Å²) >= 11 is 4.82. The van der Waals surface area contributed by atoms with Crippen molar-refractivity contribution in [1.29, 1.82) is 0 Å². The van der Waals surface area contributed by atoms with Crippen molar-refractivity contribution in [2.75, 3.05) is 0 Å². The van der Waals surface area contributed by atoms with Crippen molar-refractivity contribution in [3.05, 3.63) is 72.1 Å². The van der Waals surface area contributed by atoms with Gasteiger partial charge in [-0.25, -0.2) is 9.36 Å². The molecule has 0 N–H and O–H groups in total. The van der Waals surface area contributed by atoms with Gasteiger partial charge in [0, 0.05) is 24.3 Å². The van der Waals surface area contributed by atoms with Gasteiger partial charge in [-0.2, -0.15) is 0 Å². The number of nitro groups is 1. The molecule has 0 radical (unpaired) electrons. The summed E-state index contributed by atoms with van der Waals surface area (Å²) in [6, 6.07) is 7.11. The van der Waals surface area contributed by atoms with E-state index in [2.05, 4.69) is 0 Å². The highest BCUT2D eigenvalue weighted by Gasteiger charge is 2.07. The van der Waals surface area contributed by atoms with Crippen LogP contribution in [0.4, 0.5) is 5.69 Å². The molecule has 1 aromatic heterocycles. The summed E-state index contributed by atoms with van der Waals surface area (Å²) in [5.41, 5.74) is -1.16. The van der Waals surface area contributed by atoms with Crippen molar-refractivity contribution in [3.63, 3.8) is 0 Å². The molecule has 2 aromatic rings.